The van der Waals surface area contributed by atoms with E-state index in [4.69, 9.17) is 10.5 Å². The van der Waals surface area contributed by atoms with E-state index in [1.165, 1.54) is 0 Å². The zero-order chi connectivity index (χ0) is 14.0. The molecule has 1 heterocycles. The number of ether oxygens (including phenoxy) is 1. The van der Waals surface area contributed by atoms with Crippen LogP contribution in [0.15, 0.2) is 24.4 Å². The van der Waals surface area contributed by atoms with E-state index in [2.05, 4.69) is 10.4 Å². The highest BCUT2D eigenvalue weighted by atomic mass is 16.5. The van der Waals surface area contributed by atoms with Crippen molar-refractivity contribution in [2.45, 2.75) is 6.92 Å². The molecule has 0 spiro atoms. The van der Waals surface area contributed by atoms with Crippen molar-refractivity contribution in [1.29, 1.82) is 0 Å². The number of methoxy groups -OCH3 is 1. The molecule has 0 unspecified atom stereocenters. The highest BCUT2D eigenvalue weighted by Crippen LogP contribution is 2.21. The first kappa shape index (κ1) is 12.9. The van der Waals surface area contributed by atoms with Crippen LogP contribution in [0.1, 0.15) is 16.1 Å². The summed E-state index contributed by atoms with van der Waals surface area (Å²) in [5.41, 5.74) is 7.99. The molecular weight excluding hydrogens is 244 g/mol. The first-order valence-corrected chi connectivity index (χ1v) is 5.76. The van der Waals surface area contributed by atoms with Gasteiger partial charge < -0.3 is 15.8 Å². The zero-order valence-corrected chi connectivity index (χ0v) is 11.1. The fraction of sp³-hybridized carbons (Fsp3) is 0.231. The summed E-state index contributed by atoms with van der Waals surface area (Å²) in [4.78, 5) is 12.2. The van der Waals surface area contributed by atoms with Crippen molar-refractivity contribution in [3.63, 3.8) is 0 Å². The topological polar surface area (TPSA) is 82.2 Å². The van der Waals surface area contributed by atoms with Gasteiger partial charge in [-0.05, 0) is 25.1 Å². The highest BCUT2D eigenvalue weighted by molar-refractivity contribution is 6.08. The Morgan fingerprint density at radius 1 is 1.47 bits per heavy atom. The molecule has 0 aliphatic rings. The van der Waals surface area contributed by atoms with Crippen LogP contribution in [0.25, 0.3) is 0 Å². The SMILES string of the molecule is COc1ccc(N)c(C(=O)Nc2cn(C)nc2C)c1. The van der Waals surface area contributed by atoms with Crippen molar-refractivity contribution in [1.82, 2.24) is 9.78 Å². The summed E-state index contributed by atoms with van der Waals surface area (Å²) in [6.45, 7) is 1.82. The van der Waals surface area contributed by atoms with Crippen LogP contribution in [0.5, 0.6) is 5.75 Å². The number of carbonyl (C=O) groups is 1. The van der Waals surface area contributed by atoms with Crippen LogP contribution in [0.3, 0.4) is 0 Å². The Kier molecular flexibility index (Phi) is 3.41. The van der Waals surface area contributed by atoms with Crippen LogP contribution in [-0.4, -0.2) is 22.8 Å². The van der Waals surface area contributed by atoms with Crippen molar-refractivity contribution in [2.24, 2.45) is 7.05 Å². The van der Waals surface area contributed by atoms with Gasteiger partial charge in [-0.1, -0.05) is 0 Å². The summed E-state index contributed by atoms with van der Waals surface area (Å²) in [7, 11) is 3.33. The Morgan fingerprint density at radius 3 is 2.79 bits per heavy atom. The molecule has 0 atom stereocenters. The predicted molar refractivity (Wildman–Crippen MR) is 73.3 cm³/mol. The van der Waals surface area contributed by atoms with Gasteiger partial charge in [-0.15, -0.1) is 0 Å². The summed E-state index contributed by atoms with van der Waals surface area (Å²) >= 11 is 0. The second kappa shape index (κ2) is 5.01. The third kappa shape index (κ3) is 2.67. The Bertz CT molecular complexity index is 619. The van der Waals surface area contributed by atoms with Crippen LogP contribution in [-0.2, 0) is 7.05 Å². The van der Waals surface area contributed by atoms with Crippen LogP contribution in [0.2, 0.25) is 0 Å². The van der Waals surface area contributed by atoms with Gasteiger partial charge in [0.1, 0.15) is 5.75 Å². The third-order valence-electron chi connectivity index (χ3n) is 2.77. The van der Waals surface area contributed by atoms with Gasteiger partial charge >= 0.3 is 0 Å². The number of amides is 1. The van der Waals surface area contributed by atoms with Crippen molar-refractivity contribution in [2.75, 3.05) is 18.2 Å². The van der Waals surface area contributed by atoms with E-state index in [0.29, 0.717) is 22.7 Å². The van der Waals surface area contributed by atoms with E-state index in [1.54, 1.807) is 43.2 Å². The normalized spacial score (nSPS) is 10.3. The molecule has 1 aromatic heterocycles. The second-order valence-corrected chi connectivity index (χ2v) is 4.21. The summed E-state index contributed by atoms with van der Waals surface area (Å²) in [6, 6.07) is 4.96. The number of hydrogen-bond donors (Lipinski definition) is 2. The van der Waals surface area contributed by atoms with Gasteiger partial charge in [-0.2, -0.15) is 5.10 Å². The summed E-state index contributed by atoms with van der Waals surface area (Å²) < 4.78 is 6.72. The van der Waals surface area contributed by atoms with E-state index in [1.807, 2.05) is 6.92 Å². The van der Waals surface area contributed by atoms with E-state index in [-0.39, 0.29) is 5.91 Å². The maximum Gasteiger partial charge on any atom is 0.257 e. The number of nitrogen functional groups attached to an aromatic ring is 1. The molecular formula is C13H16N4O2. The molecule has 0 fully saturated rings. The minimum Gasteiger partial charge on any atom is -0.497 e. The maximum atomic E-state index is 12.2. The van der Waals surface area contributed by atoms with Crippen molar-refractivity contribution in [3.05, 3.63) is 35.7 Å². The van der Waals surface area contributed by atoms with Gasteiger partial charge in [0.2, 0.25) is 0 Å². The summed E-state index contributed by atoms with van der Waals surface area (Å²) in [6.07, 6.45) is 1.74. The zero-order valence-electron chi connectivity index (χ0n) is 11.1. The fourth-order valence-corrected chi connectivity index (χ4v) is 1.77. The minimum atomic E-state index is -0.285. The number of carbonyl (C=O) groups excluding carboxylic acids is 1. The van der Waals surface area contributed by atoms with Crippen molar-refractivity contribution in [3.8, 4) is 5.75 Å². The second-order valence-electron chi connectivity index (χ2n) is 4.21. The van der Waals surface area contributed by atoms with Gasteiger partial charge in [0.05, 0.1) is 24.1 Å². The minimum absolute atomic E-state index is 0.285. The largest absolute Gasteiger partial charge is 0.497 e. The number of anilines is 2. The number of aromatic nitrogens is 2. The standard InChI is InChI=1S/C13H16N4O2/c1-8-12(7-17(2)16-8)15-13(18)10-6-9(19-3)4-5-11(10)14/h4-7H,14H2,1-3H3,(H,15,18). The number of benzene rings is 1. The molecule has 2 rings (SSSR count). The van der Waals surface area contributed by atoms with Gasteiger partial charge in [0, 0.05) is 18.9 Å². The van der Waals surface area contributed by atoms with Gasteiger partial charge in [0.15, 0.2) is 0 Å². The molecule has 3 N–H and O–H groups in total. The van der Waals surface area contributed by atoms with Crippen LogP contribution >= 0.6 is 0 Å². The third-order valence-corrected chi connectivity index (χ3v) is 2.77. The molecule has 0 saturated carbocycles. The van der Waals surface area contributed by atoms with Crippen LogP contribution < -0.4 is 15.8 Å². The van der Waals surface area contributed by atoms with E-state index in [0.717, 1.165) is 5.69 Å². The lowest BCUT2D eigenvalue weighted by Gasteiger charge is -2.08. The smallest absolute Gasteiger partial charge is 0.257 e. The molecule has 0 aliphatic carbocycles. The number of nitrogens with two attached hydrogens (primary N) is 1. The monoisotopic (exact) mass is 260 g/mol. The molecule has 0 saturated heterocycles. The first-order valence-electron chi connectivity index (χ1n) is 5.76. The molecule has 2 aromatic rings. The Hall–Kier alpha value is -2.50. The lowest BCUT2D eigenvalue weighted by Crippen LogP contribution is -2.14. The molecule has 1 amide bonds. The Balaban J connectivity index is 2.27. The van der Waals surface area contributed by atoms with Crippen molar-refractivity contribution < 1.29 is 9.53 Å². The number of aryl methyl sites for hydroxylation is 2. The maximum absolute atomic E-state index is 12.2. The fourth-order valence-electron chi connectivity index (χ4n) is 1.77. The summed E-state index contributed by atoms with van der Waals surface area (Å²) in [5.74, 6) is 0.301. The lowest BCUT2D eigenvalue weighted by molar-refractivity contribution is 0.102. The number of rotatable bonds is 3. The van der Waals surface area contributed by atoms with Crippen LogP contribution in [0, 0.1) is 6.92 Å². The number of hydrogen-bond acceptors (Lipinski definition) is 4. The Labute approximate surface area is 111 Å². The molecule has 0 radical (unpaired) electrons. The van der Waals surface area contributed by atoms with Gasteiger partial charge in [-0.25, -0.2) is 0 Å². The molecule has 19 heavy (non-hydrogen) atoms. The van der Waals surface area contributed by atoms with Gasteiger partial charge in [0.25, 0.3) is 5.91 Å². The molecule has 0 bridgehead atoms. The average Bonchev–Trinajstić information content (AvgIpc) is 2.68. The quantitative estimate of drug-likeness (QED) is 0.821. The number of nitrogens with zero attached hydrogens (tertiary/aromatic N) is 2. The number of nitrogens with one attached hydrogen (secondary N) is 1. The lowest BCUT2D eigenvalue weighted by atomic mass is 10.1. The molecule has 6 nitrogen and oxygen atoms in total. The van der Waals surface area contributed by atoms with Crippen molar-refractivity contribution >= 4 is 17.3 Å². The first-order chi connectivity index (χ1) is 9.01. The summed E-state index contributed by atoms with van der Waals surface area (Å²) in [5, 5.41) is 6.94. The predicted octanol–water partition coefficient (Wildman–Crippen LogP) is 1.57. The van der Waals surface area contributed by atoms with Gasteiger partial charge in [-0.3, -0.25) is 9.48 Å². The van der Waals surface area contributed by atoms with E-state index < -0.39 is 0 Å². The van der Waals surface area contributed by atoms with E-state index in [9.17, 15) is 4.79 Å². The Morgan fingerprint density at radius 2 is 2.21 bits per heavy atom. The van der Waals surface area contributed by atoms with E-state index >= 15 is 0 Å². The molecule has 0 aliphatic heterocycles. The molecule has 100 valence electrons. The molecule has 6 heteroatoms. The molecule has 1 aromatic carbocycles. The average molecular weight is 260 g/mol. The van der Waals surface area contributed by atoms with Crippen LogP contribution in [0.4, 0.5) is 11.4 Å². The highest BCUT2D eigenvalue weighted by Gasteiger charge is 2.13.